The molecule has 1 N–H and O–H groups in total. The first-order valence-corrected chi connectivity index (χ1v) is 7.23. The lowest BCUT2D eigenvalue weighted by atomic mass is 10.0. The Balaban J connectivity index is 2.10. The van der Waals surface area contributed by atoms with Gasteiger partial charge in [0.05, 0.1) is 0 Å². The van der Waals surface area contributed by atoms with Crippen molar-refractivity contribution in [3.05, 3.63) is 54.6 Å². The number of hydrogen-bond donors (Lipinski definition) is 1. The lowest BCUT2D eigenvalue weighted by Gasteiger charge is -2.07. The smallest absolute Gasteiger partial charge is 0.357 e. The van der Waals surface area contributed by atoms with Crippen molar-refractivity contribution in [1.82, 2.24) is 0 Å². The van der Waals surface area contributed by atoms with Gasteiger partial charge >= 0.3 is 11.4 Å². The van der Waals surface area contributed by atoms with Crippen LogP contribution in [0.5, 0.6) is 5.75 Å². The Labute approximate surface area is 118 Å². The normalized spacial score (nSPS) is 13.2. The minimum Gasteiger partial charge on any atom is -0.379 e. The number of benzene rings is 3. The van der Waals surface area contributed by atoms with Crippen LogP contribution in [0.1, 0.15) is 0 Å². The summed E-state index contributed by atoms with van der Waals surface area (Å²) in [6, 6.07) is 17.8. The van der Waals surface area contributed by atoms with E-state index in [2.05, 4.69) is 18.2 Å². The molecule has 1 aliphatic rings. The van der Waals surface area contributed by atoms with Crippen molar-refractivity contribution in [2.24, 2.45) is 0 Å². The third-order valence-electron chi connectivity index (χ3n) is 3.67. The molecular weight excluding hydrogens is 272 g/mol. The summed E-state index contributed by atoms with van der Waals surface area (Å²) in [5.74, 6) is 0.430. The molecule has 0 radical (unpaired) electrons. The van der Waals surface area contributed by atoms with Crippen molar-refractivity contribution in [2.75, 3.05) is 0 Å². The SMILES string of the molecule is O=S(O)Oc1ccc2c3c(cccc13)-c1ccccc1-2. The highest BCUT2D eigenvalue weighted by Gasteiger charge is 2.22. The summed E-state index contributed by atoms with van der Waals surface area (Å²) in [5, 5.41) is 1.94. The quantitative estimate of drug-likeness (QED) is 0.565. The Kier molecular flexibility index (Phi) is 2.42. The van der Waals surface area contributed by atoms with Crippen LogP contribution in [0.4, 0.5) is 0 Å². The molecule has 20 heavy (non-hydrogen) atoms. The summed E-state index contributed by atoms with van der Waals surface area (Å²) in [6.07, 6.45) is 0. The lowest BCUT2D eigenvalue weighted by molar-refractivity contribution is 0.460. The summed E-state index contributed by atoms with van der Waals surface area (Å²) in [6.45, 7) is 0. The Bertz CT molecular complexity index is 841. The fourth-order valence-corrected chi connectivity index (χ4v) is 3.23. The fourth-order valence-electron chi connectivity index (χ4n) is 2.93. The van der Waals surface area contributed by atoms with Crippen LogP contribution in [0.3, 0.4) is 0 Å². The largest absolute Gasteiger partial charge is 0.379 e. The Hall–Kier alpha value is -2.17. The molecule has 98 valence electrons. The second-order valence-corrected chi connectivity index (χ2v) is 5.29. The standard InChI is InChI=1S/C16H10O3S/c17-20(18)19-15-9-8-13-11-5-2-1-4-10(11)12-6-3-7-14(15)16(12)13/h1-9H,(H,17,18). The van der Waals surface area contributed by atoms with E-state index in [4.69, 9.17) is 8.74 Å². The van der Waals surface area contributed by atoms with Gasteiger partial charge in [-0.3, -0.25) is 4.55 Å². The van der Waals surface area contributed by atoms with Gasteiger partial charge in [-0.25, -0.2) is 0 Å². The highest BCUT2D eigenvalue weighted by molar-refractivity contribution is 7.74. The summed E-state index contributed by atoms with van der Waals surface area (Å²) in [7, 11) is 0. The lowest BCUT2D eigenvalue weighted by Crippen LogP contribution is -1.98. The van der Waals surface area contributed by atoms with Gasteiger partial charge in [0.2, 0.25) is 0 Å². The van der Waals surface area contributed by atoms with Gasteiger partial charge in [0.1, 0.15) is 0 Å². The third kappa shape index (κ3) is 1.52. The van der Waals surface area contributed by atoms with Crippen molar-refractivity contribution >= 4 is 22.1 Å². The maximum Gasteiger partial charge on any atom is 0.357 e. The molecule has 0 fully saturated rings. The van der Waals surface area contributed by atoms with E-state index >= 15 is 0 Å². The highest BCUT2D eigenvalue weighted by Crippen LogP contribution is 2.48. The summed E-state index contributed by atoms with van der Waals surface area (Å²) in [5.41, 5.74) is 4.66. The summed E-state index contributed by atoms with van der Waals surface area (Å²) in [4.78, 5) is 0. The van der Waals surface area contributed by atoms with Crippen molar-refractivity contribution in [3.63, 3.8) is 0 Å². The first-order chi connectivity index (χ1) is 9.75. The van der Waals surface area contributed by atoms with Gasteiger partial charge in [0, 0.05) is 10.8 Å². The van der Waals surface area contributed by atoms with Crippen LogP contribution in [0.2, 0.25) is 0 Å². The van der Waals surface area contributed by atoms with Crippen LogP contribution in [0, 0.1) is 0 Å². The molecule has 1 aliphatic carbocycles. The molecule has 0 spiro atoms. The average molecular weight is 282 g/mol. The van der Waals surface area contributed by atoms with Crippen molar-refractivity contribution in [1.29, 1.82) is 0 Å². The molecule has 0 aliphatic heterocycles. The minimum absolute atomic E-state index is 0.430. The summed E-state index contributed by atoms with van der Waals surface area (Å²) < 4.78 is 24.8. The zero-order chi connectivity index (χ0) is 13.7. The van der Waals surface area contributed by atoms with E-state index in [1.54, 1.807) is 6.07 Å². The maximum absolute atomic E-state index is 10.9. The number of rotatable bonds is 2. The van der Waals surface area contributed by atoms with Gasteiger partial charge < -0.3 is 4.18 Å². The molecule has 0 saturated heterocycles. The molecule has 4 rings (SSSR count). The second kappa shape index (κ2) is 4.16. The number of fused-ring (bicyclic) bond motifs is 3. The van der Waals surface area contributed by atoms with E-state index in [1.807, 2.05) is 30.3 Å². The highest BCUT2D eigenvalue weighted by atomic mass is 32.2. The van der Waals surface area contributed by atoms with Crippen LogP contribution in [0.25, 0.3) is 33.0 Å². The third-order valence-corrected chi connectivity index (χ3v) is 3.99. The summed E-state index contributed by atoms with van der Waals surface area (Å²) >= 11 is -2.32. The molecule has 4 heteroatoms. The molecule has 3 aromatic rings. The van der Waals surface area contributed by atoms with Gasteiger partial charge in [-0.1, -0.05) is 42.5 Å². The van der Waals surface area contributed by atoms with E-state index in [1.165, 1.54) is 11.1 Å². The molecule has 0 heterocycles. The van der Waals surface area contributed by atoms with Crippen molar-refractivity contribution in [2.45, 2.75) is 0 Å². The van der Waals surface area contributed by atoms with E-state index in [0.29, 0.717) is 5.75 Å². The minimum atomic E-state index is -2.32. The average Bonchev–Trinajstić information content (AvgIpc) is 2.78. The molecule has 0 amide bonds. The molecular formula is C16H10O3S. The second-order valence-electron chi connectivity index (χ2n) is 4.69. The first-order valence-electron chi connectivity index (χ1n) is 6.20. The van der Waals surface area contributed by atoms with E-state index in [0.717, 1.165) is 21.9 Å². The molecule has 3 nitrogen and oxygen atoms in total. The van der Waals surface area contributed by atoms with Crippen LogP contribution < -0.4 is 4.18 Å². The monoisotopic (exact) mass is 282 g/mol. The van der Waals surface area contributed by atoms with Crippen LogP contribution >= 0.6 is 0 Å². The Morgan fingerprint density at radius 1 is 0.800 bits per heavy atom. The maximum atomic E-state index is 10.9. The molecule has 0 bridgehead atoms. The molecule has 1 atom stereocenters. The predicted octanol–water partition coefficient (Wildman–Crippen LogP) is 4.00. The van der Waals surface area contributed by atoms with Crippen LogP contribution in [0.15, 0.2) is 54.6 Å². The first kappa shape index (κ1) is 11.6. The van der Waals surface area contributed by atoms with Gasteiger partial charge in [0.15, 0.2) is 5.75 Å². The zero-order valence-electron chi connectivity index (χ0n) is 10.4. The topological polar surface area (TPSA) is 46.5 Å². The zero-order valence-corrected chi connectivity index (χ0v) is 11.2. The van der Waals surface area contributed by atoms with Gasteiger partial charge in [-0.15, -0.1) is 0 Å². The van der Waals surface area contributed by atoms with Gasteiger partial charge in [0.25, 0.3) is 0 Å². The molecule has 0 saturated carbocycles. The van der Waals surface area contributed by atoms with E-state index in [9.17, 15) is 4.21 Å². The fraction of sp³-hybridized carbons (Fsp3) is 0. The molecule has 0 aromatic heterocycles. The Morgan fingerprint density at radius 2 is 1.45 bits per heavy atom. The van der Waals surface area contributed by atoms with Gasteiger partial charge in [-0.2, -0.15) is 4.21 Å². The Morgan fingerprint density at radius 3 is 2.15 bits per heavy atom. The molecule has 1 unspecified atom stereocenters. The predicted molar refractivity (Wildman–Crippen MR) is 79.8 cm³/mol. The molecule has 3 aromatic carbocycles. The van der Waals surface area contributed by atoms with Crippen molar-refractivity contribution < 1.29 is 12.9 Å². The van der Waals surface area contributed by atoms with Gasteiger partial charge in [-0.05, 0) is 34.4 Å². The number of hydrogen-bond acceptors (Lipinski definition) is 2. The van der Waals surface area contributed by atoms with E-state index in [-0.39, 0.29) is 0 Å². The van der Waals surface area contributed by atoms with Crippen molar-refractivity contribution in [3.8, 4) is 28.0 Å². The van der Waals surface area contributed by atoms with Crippen LogP contribution in [-0.2, 0) is 11.4 Å². The van der Waals surface area contributed by atoms with Crippen LogP contribution in [-0.4, -0.2) is 8.76 Å². The van der Waals surface area contributed by atoms with E-state index < -0.39 is 11.4 Å².